The van der Waals surface area contributed by atoms with Crippen molar-refractivity contribution in [2.24, 2.45) is 5.10 Å². The van der Waals surface area contributed by atoms with Crippen molar-refractivity contribution in [3.63, 3.8) is 0 Å². The van der Waals surface area contributed by atoms with Crippen molar-refractivity contribution in [1.29, 1.82) is 0 Å². The highest BCUT2D eigenvalue weighted by atomic mass is 79.9. The summed E-state index contributed by atoms with van der Waals surface area (Å²) in [6.45, 7) is -0.824. The molecule has 0 spiro atoms. The Kier molecular flexibility index (Phi) is 6.14. The molecule has 2 aromatic carbocycles. The number of benzene rings is 2. The number of nitrogens with zero attached hydrogens (tertiary/aromatic N) is 2. The molecule has 0 aromatic heterocycles. The molecule has 29 heavy (non-hydrogen) atoms. The van der Waals surface area contributed by atoms with Crippen LogP contribution in [0.4, 0.5) is 13.2 Å². The second-order valence-electron chi connectivity index (χ2n) is 6.12. The Morgan fingerprint density at radius 3 is 2.62 bits per heavy atom. The van der Waals surface area contributed by atoms with Gasteiger partial charge in [0.1, 0.15) is 5.75 Å². The van der Waals surface area contributed by atoms with E-state index in [1.165, 1.54) is 30.3 Å². The molecule has 0 saturated carbocycles. The van der Waals surface area contributed by atoms with Crippen molar-refractivity contribution in [3.05, 3.63) is 62.5 Å². The number of amides is 1. The van der Waals surface area contributed by atoms with E-state index in [1.54, 1.807) is 12.1 Å². The Hall–Kier alpha value is -1.81. The fourth-order valence-electron chi connectivity index (χ4n) is 2.65. The number of aliphatic hydroxyl groups is 1. The lowest BCUT2D eigenvalue weighted by atomic mass is 10.0. The lowest BCUT2D eigenvalue weighted by Gasteiger charge is -2.32. The normalized spacial score (nSPS) is 19.3. The van der Waals surface area contributed by atoms with E-state index >= 15 is 0 Å². The fourth-order valence-corrected chi connectivity index (χ4v) is 3.51. The molecular weight excluding hydrogens is 500 g/mol. The van der Waals surface area contributed by atoms with Crippen LogP contribution in [0, 0.1) is 0 Å². The zero-order valence-corrected chi connectivity index (χ0v) is 17.5. The van der Waals surface area contributed by atoms with Gasteiger partial charge in [0.15, 0.2) is 6.61 Å². The fraction of sp³-hybridized carbons (Fsp3) is 0.222. The highest BCUT2D eigenvalue weighted by Crippen LogP contribution is 2.41. The standard InChI is InChI=1S/C18H12BrCl2F3N2O3/c19-11-3-1-2-10(6-11)14-8-17(28,18(22,23)24)26(25-14)16(27)9-29-15-5-4-12(20)7-13(15)21/h1-7,28H,8-9H2/t17-/m0/s1. The first-order chi connectivity index (χ1) is 13.5. The van der Waals surface area contributed by atoms with Crippen LogP contribution in [0.15, 0.2) is 52.0 Å². The van der Waals surface area contributed by atoms with Gasteiger partial charge in [0, 0.05) is 9.50 Å². The second kappa shape index (κ2) is 8.14. The third-order valence-corrected chi connectivity index (χ3v) is 5.10. The number of carbonyl (C=O) groups is 1. The Labute approximate surface area is 181 Å². The molecular formula is C18H12BrCl2F3N2O3. The number of hydrazone groups is 1. The van der Waals surface area contributed by atoms with Gasteiger partial charge >= 0.3 is 6.18 Å². The zero-order valence-electron chi connectivity index (χ0n) is 14.4. The summed E-state index contributed by atoms with van der Waals surface area (Å²) in [6.07, 6.45) is -6.06. The lowest BCUT2D eigenvalue weighted by Crippen LogP contribution is -2.57. The van der Waals surface area contributed by atoms with E-state index in [1.807, 2.05) is 0 Å². The molecule has 1 N–H and O–H groups in total. The van der Waals surface area contributed by atoms with Gasteiger partial charge in [-0.05, 0) is 35.9 Å². The van der Waals surface area contributed by atoms with Gasteiger partial charge in [-0.25, -0.2) is 0 Å². The summed E-state index contributed by atoms with van der Waals surface area (Å²) in [5, 5.41) is 14.5. The van der Waals surface area contributed by atoms with Crippen LogP contribution >= 0.6 is 39.1 Å². The predicted molar refractivity (Wildman–Crippen MR) is 105 cm³/mol. The van der Waals surface area contributed by atoms with Gasteiger partial charge < -0.3 is 9.84 Å². The molecule has 11 heteroatoms. The van der Waals surface area contributed by atoms with Crippen molar-refractivity contribution in [3.8, 4) is 5.75 Å². The van der Waals surface area contributed by atoms with E-state index < -0.39 is 30.8 Å². The number of hydrogen-bond donors (Lipinski definition) is 1. The summed E-state index contributed by atoms with van der Waals surface area (Å²) in [7, 11) is 0. The van der Waals surface area contributed by atoms with E-state index in [0.29, 0.717) is 15.1 Å². The van der Waals surface area contributed by atoms with Crippen LogP contribution in [0.1, 0.15) is 12.0 Å². The number of alkyl halides is 3. The summed E-state index contributed by atoms with van der Waals surface area (Å²) < 4.78 is 46.6. The summed E-state index contributed by atoms with van der Waals surface area (Å²) in [4.78, 5) is 12.5. The van der Waals surface area contributed by atoms with Gasteiger partial charge in [0.05, 0.1) is 17.2 Å². The molecule has 154 valence electrons. The van der Waals surface area contributed by atoms with Crippen LogP contribution < -0.4 is 4.74 Å². The van der Waals surface area contributed by atoms with E-state index in [0.717, 1.165) is 0 Å². The molecule has 1 amide bonds. The molecule has 0 bridgehead atoms. The minimum Gasteiger partial charge on any atom is -0.482 e. The first-order valence-electron chi connectivity index (χ1n) is 8.05. The van der Waals surface area contributed by atoms with Gasteiger partial charge in [-0.2, -0.15) is 23.3 Å². The van der Waals surface area contributed by atoms with Gasteiger partial charge in [-0.15, -0.1) is 0 Å². The highest BCUT2D eigenvalue weighted by Gasteiger charge is 2.63. The SMILES string of the molecule is O=C(COc1ccc(Cl)cc1Cl)N1N=C(c2cccc(Br)c2)C[C@]1(O)C(F)(F)F. The van der Waals surface area contributed by atoms with Crippen molar-refractivity contribution >= 4 is 50.8 Å². The van der Waals surface area contributed by atoms with Crippen LogP contribution in [-0.2, 0) is 4.79 Å². The zero-order chi connectivity index (χ0) is 21.4. The van der Waals surface area contributed by atoms with E-state index in [-0.39, 0.29) is 21.5 Å². The number of carbonyl (C=O) groups excluding carboxylic acids is 1. The number of halogens is 6. The first kappa shape index (κ1) is 21.9. The summed E-state index contributed by atoms with van der Waals surface area (Å²) in [6, 6.07) is 10.5. The number of rotatable bonds is 4. The maximum atomic E-state index is 13.6. The maximum absolute atomic E-state index is 13.6. The molecule has 1 atom stereocenters. The molecule has 5 nitrogen and oxygen atoms in total. The van der Waals surface area contributed by atoms with Crippen LogP contribution in [0.5, 0.6) is 5.75 Å². The molecule has 1 aliphatic rings. The minimum absolute atomic E-state index is 0.00701. The minimum atomic E-state index is -5.14. The molecule has 1 heterocycles. The Bertz CT molecular complexity index is 987. The lowest BCUT2D eigenvalue weighted by molar-refractivity contribution is -0.302. The average Bonchev–Trinajstić information content (AvgIpc) is 3.00. The predicted octanol–water partition coefficient (Wildman–Crippen LogP) is 5.02. The molecule has 1 aliphatic heterocycles. The average molecular weight is 512 g/mol. The topological polar surface area (TPSA) is 62.1 Å². The van der Waals surface area contributed by atoms with E-state index in [9.17, 15) is 23.1 Å². The molecule has 0 aliphatic carbocycles. The van der Waals surface area contributed by atoms with Crippen LogP contribution in [0.25, 0.3) is 0 Å². The van der Waals surface area contributed by atoms with Crippen molar-refractivity contribution in [1.82, 2.24) is 5.01 Å². The third kappa shape index (κ3) is 4.53. The van der Waals surface area contributed by atoms with Crippen molar-refractivity contribution < 1.29 is 27.8 Å². The first-order valence-corrected chi connectivity index (χ1v) is 9.59. The Morgan fingerprint density at radius 1 is 1.28 bits per heavy atom. The van der Waals surface area contributed by atoms with Crippen molar-refractivity contribution in [2.75, 3.05) is 6.61 Å². The summed E-state index contributed by atoms with van der Waals surface area (Å²) in [5.41, 5.74) is -3.25. The Morgan fingerprint density at radius 2 is 2.00 bits per heavy atom. The monoisotopic (exact) mass is 510 g/mol. The van der Waals surface area contributed by atoms with Crippen molar-refractivity contribution in [2.45, 2.75) is 18.3 Å². The molecule has 0 fully saturated rings. The summed E-state index contributed by atoms with van der Waals surface area (Å²) >= 11 is 14.9. The largest absolute Gasteiger partial charge is 0.482 e. The number of hydrogen-bond acceptors (Lipinski definition) is 4. The van der Waals surface area contributed by atoms with Gasteiger partial charge in [-0.1, -0.05) is 51.3 Å². The van der Waals surface area contributed by atoms with E-state index in [2.05, 4.69) is 21.0 Å². The molecule has 0 saturated heterocycles. The van der Waals surface area contributed by atoms with Gasteiger partial charge in [0.2, 0.25) is 0 Å². The van der Waals surface area contributed by atoms with Gasteiger partial charge in [-0.3, -0.25) is 4.79 Å². The quantitative estimate of drug-likeness (QED) is 0.626. The van der Waals surface area contributed by atoms with E-state index in [4.69, 9.17) is 27.9 Å². The Balaban J connectivity index is 1.87. The smallest absolute Gasteiger partial charge is 0.438 e. The molecule has 3 rings (SSSR count). The summed E-state index contributed by atoms with van der Waals surface area (Å²) in [5.74, 6) is -1.14. The number of ether oxygens (including phenoxy) is 1. The van der Waals surface area contributed by atoms with Crippen LogP contribution in [0.2, 0.25) is 10.0 Å². The molecule has 0 unspecified atom stereocenters. The van der Waals surface area contributed by atoms with Crippen LogP contribution in [0.3, 0.4) is 0 Å². The molecule has 0 radical (unpaired) electrons. The second-order valence-corrected chi connectivity index (χ2v) is 7.88. The highest BCUT2D eigenvalue weighted by molar-refractivity contribution is 9.10. The maximum Gasteiger partial charge on any atom is 0.438 e. The van der Waals surface area contributed by atoms with Gasteiger partial charge in [0.25, 0.3) is 11.6 Å². The van der Waals surface area contributed by atoms with Crippen LogP contribution in [-0.4, -0.2) is 40.2 Å². The molecule has 2 aromatic rings. The third-order valence-electron chi connectivity index (χ3n) is 4.08.